The Hall–Kier alpha value is -0.870. The SMILES string of the molecule is O=C1CCC(CNC2CCc3cc(Br)ccc3C2)N1. The highest BCUT2D eigenvalue weighted by Gasteiger charge is 2.23. The number of rotatable bonds is 3. The molecule has 1 aromatic rings. The van der Waals surface area contributed by atoms with Crippen molar-refractivity contribution in [1.82, 2.24) is 10.6 Å². The highest BCUT2D eigenvalue weighted by atomic mass is 79.9. The van der Waals surface area contributed by atoms with Crippen molar-refractivity contribution in [3.63, 3.8) is 0 Å². The Morgan fingerprint density at radius 2 is 2.16 bits per heavy atom. The number of amides is 1. The first-order valence-corrected chi connectivity index (χ1v) is 7.80. The fourth-order valence-corrected chi connectivity index (χ4v) is 3.45. The lowest BCUT2D eigenvalue weighted by Gasteiger charge is -2.27. The van der Waals surface area contributed by atoms with Gasteiger partial charge in [0.2, 0.25) is 5.91 Å². The minimum Gasteiger partial charge on any atom is -0.352 e. The molecule has 19 heavy (non-hydrogen) atoms. The number of hydrogen-bond donors (Lipinski definition) is 2. The van der Waals surface area contributed by atoms with Gasteiger partial charge in [-0.3, -0.25) is 4.79 Å². The summed E-state index contributed by atoms with van der Waals surface area (Å²) in [6, 6.07) is 7.47. The molecule has 3 rings (SSSR count). The highest BCUT2D eigenvalue weighted by molar-refractivity contribution is 9.10. The Morgan fingerprint density at radius 3 is 2.95 bits per heavy atom. The molecule has 0 spiro atoms. The molecule has 3 nitrogen and oxygen atoms in total. The molecule has 2 aliphatic rings. The van der Waals surface area contributed by atoms with Crippen LogP contribution in [0.5, 0.6) is 0 Å². The van der Waals surface area contributed by atoms with Crippen molar-refractivity contribution in [3.05, 3.63) is 33.8 Å². The van der Waals surface area contributed by atoms with Crippen LogP contribution in [-0.2, 0) is 17.6 Å². The summed E-state index contributed by atoms with van der Waals surface area (Å²) in [5, 5.41) is 6.63. The molecule has 1 amide bonds. The highest BCUT2D eigenvalue weighted by Crippen LogP contribution is 2.24. The molecular formula is C15H19BrN2O. The lowest BCUT2D eigenvalue weighted by Crippen LogP contribution is -2.42. The van der Waals surface area contributed by atoms with Crippen LogP contribution in [0.1, 0.15) is 30.4 Å². The van der Waals surface area contributed by atoms with Gasteiger partial charge >= 0.3 is 0 Å². The first-order chi connectivity index (χ1) is 9.20. The van der Waals surface area contributed by atoms with Crippen molar-refractivity contribution in [3.8, 4) is 0 Å². The molecule has 1 fully saturated rings. The Kier molecular flexibility index (Phi) is 3.89. The van der Waals surface area contributed by atoms with Gasteiger partial charge in [0.1, 0.15) is 0 Å². The van der Waals surface area contributed by atoms with E-state index in [2.05, 4.69) is 44.8 Å². The van der Waals surface area contributed by atoms with E-state index in [4.69, 9.17) is 0 Å². The number of carbonyl (C=O) groups excluding carboxylic acids is 1. The first kappa shape index (κ1) is 13.1. The number of nitrogens with one attached hydrogen (secondary N) is 2. The molecule has 0 aromatic heterocycles. The van der Waals surface area contributed by atoms with Gasteiger partial charge in [0.15, 0.2) is 0 Å². The predicted octanol–water partition coefficient (Wildman–Crippen LogP) is 2.17. The van der Waals surface area contributed by atoms with Crippen LogP contribution in [0.2, 0.25) is 0 Å². The van der Waals surface area contributed by atoms with Crippen LogP contribution in [0.15, 0.2) is 22.7 Å². The molecule has 1 aromatic carbocycles. The number of carbonyl (C=O) groups is 1. The zero-order valence-corrected chi connectivity index (χ0v) is 12.5. The third-order valence-electron chi connectivity index (χ3n) is 4.13. The molecule has 102 valence electrons. The molecule has 2 unspecified atom stereocenters. The normalized spacial score (nSPS) is 26.1. The molecule has 4 heteroatoms. The zero-order chi connectivity index (χ0) is 13.2. The topological polar surface area (TPSA) is 41.1 Å². The van der Waals surface area contributed by atoms with E-state index >= 15 is 0 Å². The van der Waals surface area contributed by atoms with Gasteiger partial charge in [-0.15, -0.1) is 0 Å². The molecule has 2 N–H and O–H groups in total. The average molecular weight is 323 g/mol. The Balaban J connectivity index is 1.54. The van der Waals surface area contributed by atoms with E-state index in [1.54, 1.807) is 0 Å². The van der Waals surface area contributed by atoms with Crippen molar-refractivity contribution >= 4 is 21.8 Å². The number of fused-ring (bicyclic) bond motifs is 1. The summed E-state index contributed by atoms with van der Waals surface area (Å²) < 4.78 is 1.17. The third-order valence-corrected chi connectivity index (χ3v) is 4.63. The van der Waals surface area contributed by atoms with Crippen LogP contribution >= 0.6 is 15.9 Å². The smallest absolute Gasteiger partial charge is 0.220 e. The third kappa shape index (κ3) is 3.18. The molecule has 1 aliphatic carbocycles. The van der Waals surface area contributed by atoms with E-state index in [-0.39, 0.29) is 5.91 Å². The van der Waals surface area contributed by atoms with Crippen molar-refractivity contribution in [1.29, 1.82) is 0 Å². The summed E-state index contributed by atoms with van der Waals surface area (Å²) in [4.78, 5) is 11.2. The van der Waals surface area contributed by atoms with Crippen LogP contribution in [0.3, 0.4) is 0 Å². The van der Waals surface area contributed by atoms with Crippen LogP contribution in [0.4, 0.5) is 0 Å². The van der Waals surface area contributed by atoms with E-state index in [1.165, 1.54) is 22.0 Å². The number of halogens is 1. The lowest BCUT2D eigenvalue weighted by atomic mass is 9.88. The molecule has 0 saturated carbocycles. The summed E-state index contributed by atoms with van der Waals surface area (Å²) in [6.07, 6.45) is 5.09. The summed E-state index contributed by atoms with van der Waals surface area (Å²) in [5.74, 6) is 0.200. The Morgan fingerprint density at radius 1 is 1.26 bits per heavy atom. The molecule has 0 radical (unpaired) electrons. The van der Waals surface area contributed by atoms with Gasteiger partial charge < -0.3 is 10.6 Å². The second kappa shape index (κ2) is 5.63. The maximum absolute atomic E-state index is 11.2. The second-order valence-corrected chi connectivity index (χ2v) is 6.48. The van der Waals surface area contributed by atoms with Crippen molar-refractivity contribution < 1.29 is 4.79 Å². The Bertz CT molecular complexity index is 489. The van der Waals surface area contributed by atoms with Crippen LogP contribution in [0.25, 0.3) is 0 Å². The molecular weight excluding hydrogens is 304 g/mol. The predicted molar refractivity (Wildman–Crippen MR) is 79.1 cm³/mol. The zero-order valence-electron chi connectivity index (χ0n) is 10.9. The standard InChI is InChI=1S/C15H19BrN2O/c16-12-3-1-11-8-13(4-2-10(11)7-12)17-9-14-5-6-15(19)18-14/h1,3,7,13-14,17H,2,4-6,8-9H2,(H,18,19). The van der Waals surface area contributed by atoms with Crippen molar-refractivity contribution in [2.75, 3.05) is 6.54 Å². The number of benzene rings is 1. The first-order valence-electron chi connectivity index (χ1n) is 7.01. The molecule has 1 aliphatic heterocycles. The van der Waals surface area contributed by atoms with Crippen LogP contribution in [0, 0.1) is 0 Å². The van der Waals surface area contributed by atoms with Crippen molar-refractivity contribution in [2.24, 2.45) is 0 Å². The quantitative estimate of drug-likeness (QED) is 0.895. The summed E-state index contributed by atoms with van der Waals surface area (Å²) >= 11 is 3.53. The average Bonchev–Trinajstić information content (AvgIpc) is 2.82. The maximum atomic E-state index is 11.2. The van der Waals surface area contributed by atoms with Crippen LogP contribution < -0.4 is 10.6 Å². The van der Waals surface area contributed by atoms with Gasteiger partial charge in [-0.2, -0.15) is 0 Å². The number of aryl methyl sites for hydroxylation is 1. The molecule has 1 heterocycles. The lowest BCUT2D eigenvalue weighted by molar-refractivity contribution is -0.119. The second-order valence-electron chi connectivity index (χ2n) is 5.56. The van der Waals surface area contributed by atoms with Gasteiger partial charge in [0, 0.05) is 29.5 Å². The molecule has 2 atom stereocenters. The van der Waals surface area contributed by atoms with Gasteiger partial charge in [-0.25, -0.2) is 0 Å². The monoisotopic (exact) mass is 322 g/mol. The fraction of sp³-hybridized carbons (Fsp3) is 0.533. The Labute approximate surface area is 122 Å². The molecule has 0 bridgehead atoms. The van der Waals surface area contributed by atoms with Crippen LogP contribution in [-0.4, -0.2) is 24.5 Å². The minimum absolute atomic E-state index is 0.200. The summed E-state index contributed by atoms with van der Waals surface area (Å²) in [6.45, 7) is 0.905. The van der Waals surface area contributed by atoms with Gasteiger partial charge in [0.05, 0.1) is 0 Å². The minimum atomic E-state index is 0.200. The summed E-state index contributed by atoms with van der Waals surface area (Å²) in [7, 11) is 0. The van der Waals surface area contributed by atoms with E-state index in [1.807, 2.05) is 0 Å². The maximum Gasteiger partial charge on any atom is 0.220 e. The van der Waals surface area contributed by atoms with E-state index in [9.17, 15) is 4.79 Å². The fourth-order valence-electron chi connectivity index (χ4n) is 3.04. The number of hydrogen-bond acceptors (Lipinski definition) is 2. The molecule has 1 saturated heterocycles. The van der Waals surface area contributed by atoms with Gasteiger partial charge in [0.25, 0.3) is 0 Å². The largest absolute Gasteiger partial charge is 0.352 e. The van der Waals surface area contributed by atoms with E-state index in [0.717, 1.165) is 25.8 Å². The van der Waals surface area contributed by atoms with E-state index in [0.29, 0.717) is 18.5 Å². The van der Waals surface area contributed by atoms with E-state index < -0.39 is 0 Å². The summed E-state index contributed by atoms with van der Waals surface area (Å²) in [5.41, 5.74) is 2.93. The van der Waals surface area contributed by atoms with Gasteiger partial charge in [-0.1, -0.05) is 22.0 Å². The van der Waals surface area contributed by atoms with Crippen molar-refractivity contribution in [2.45, 2.75) is 44.2 Å². The van der Waals surface area contributed by atoms with Gasteiger partial charge in [-0.05, 0) is 48.9 Å².